The third-order valence-electron chi connectivity index (χ3n) is 3.42. The third kappa shape index (κ3) is 2.31. The fourth-order valence-corrected chi connectivity index (χ4v) is 3.31. The van der Waals surface area contributed by atoms with Gasteiger partial charge in [0.15, 0.2) is 5.82 Å². The molecule has 5 heteroatoms. The number of hydrogen-bond donors (Lipinski definition) is 1. The molecule has 0 radical (unpaired) electrons. The summed E-state index contributed by atoms with van der Waals surface area (Å²) in [5, 5.41) is 8.09. The van der Waals surface area contributed by atoms with Crippen LogP contribution in [0.3, 0.4) is 0 Å². The molecule has 3 nitrogen and oxygen atoms in total. The van der Waals surface area contributed by atoms with Crippen LogP contribution < -0.4 is 0 Å². The van der Waals surface area contributed by atoms with Crippen molar-refractivity contribution in [1.82, 2.24) is 15.2 Å². The number of rotatable bonds is 2. The Hall–Kier alpha value is -0.870. The number of aromatic amines is 1. The third-order valence-corrected chi connectivity index (χ3v) is 4.31. The second-order valence-electron chi connectivity index (χ2n) is 4.65. The van der Waals surface area contributed by atoms with Gasteiger partial charge >= 0.3 is 0 Å². The van der Waals surface area contributed by atoms with Crippen LogP contribution in [0.4, 0.5) is 0 Å². The molecule has 0 saturated heterocycles. The summed E-state index contributed by atoms with van der Waals surface area (Å²) in [5.74, 6) is 2.31. The van der Waals surface area contributed by atoms with E-state index in [-0.39, 0.29) is 0 Å². The Labute approximate surface area is 119 Å². The molecule has 3 rings (SSSR count). The fourth-order valence-electron chi connectivity index (χ4n) is 2.45. The van der Waals surface area contributed by atoms with Gasteiger partial charge in [0.2, 0.25) is 0 Å². The fraction of sp³-hybridized carbons (Fsp3) is 0.385. The number of H-pyrrole nitrogens is 1. The lowest BCUT2D eigenvalue weighted by atomic mass is 10.1. The smallest absolute Gasteiger partial charge is 0.182 e. The molecule has 2 aromatic rings. The molecule has 0 atom stereocenters. The van der Waals surface area contributed by atoms with E-state index in [4.69, 9.17) is 11.6 Å². The molecule has 18 heavy (non-hydrogen) atoms. The number of halogens is 2. The molecule has 0 aliphatic heterocycles. The van der Waals surface area contributed by atoms with Crippen LogP contribution in [0.2, 0.25) is 5.02 Å². The molecule has 1 saturated carbocycles. The van der Waals surface area contributed by atoms with E-state index in [0.717, 1.165) is 21.7 Å². The lowest BCUT2D eigenvalue weighted by molar-refractivity contribution is 0.672. The number of nitrogens with zero attached hydrogens (tertiary/aromatic N) is 2. The highest BCUT2D eigenvalue weighted by Crippen LogP contribution is 2.34. The molecule has 0 amide bonds. The summed E-state index contributed by atoms with van der Waals surface area (Å²) >= 11 is 9.43. The lowest BCUT2D eigenvalue weighted by Gasteiger charge is -2.02. The van der Waals surface area contributed by atoms with Crippen molar-refractivity contribution in [3.05, 3.63) is 33.5 Å². The Balaban J connectivity index is 1.92. The van der Waals surface area contributed by atoms with Crippen molar-refractivity contribution in [3.8, 4) is 11.4 Å². The van der Waals surface area contributed by atoms with Gasteiger partial charge in [0, 0.05) is 21.0 Å². The normalized spacial score (nSPS) is 16.3. The first-order valence-corrected chi connectivity index (χ1v) is 7.29. The van der Waals surface area contributed by atoms with Crippen LogP contribution >= 0.6 is 27.5 Å². The molecule has 94 valence electrons. The topological polar surface area (TPSA) is 41.6 Å². The van der Waals surface area contributed by atoms with Crippen molar-refractivity contribution in [3.63, 3.8) is 0 Å². The number of hydrogen-bond acceptors (Lipinski definition) is 2. The van der Waals surface area contributed by atoms with E-state index in [9.17, 15) is 0 Å². The van der Waals surface area contributed by atoms with Gasteiger partial charge in [-0.1, -0.05) is 24.4 Å². The van der Waals surface area contributed by atoms with Gasteiger partial charge in [-0.3, -0.25) is 5.10 Å². The molecule has 1 fully saturated rings. The standard InChI is InChI=1S/C13H13BrClN3/c14-11-7-9(15)5-6-10(11)13-16-12(17-18-13)8-3-1-2-4-8/h5-8H,1-4H2,(H,16,17,18). The van der Waals surface area contributed by atoms with E-state index in [1.54, 1.807) is 0 Å². The van der Waals surface area contributed by atoms with Crippen LogP contribution in [-0.4, -0.2) is 15.2 Å². The average molecular weight is 327 g/mol. The van der Waals surface area contributed by atoms with Crippen LogP contribution in [0.5, 0.6) is 0 Å². The highest BCUT2D eigenvalue weighted by molar-refractivity contribution is 9.10. The maximum atomic E-state index is 5.93. The van der Waals surface area contributed by atoms with Crippen molar-refractivity contribution in [2.24, 2.45) is 0 Å². The Kier molecular flexibility index (Phi) is 3.39. The monoisotopic (exact) mass is 325 g/mol. The molecule has 1 heterocycles. The van der Waals surface area contributed by atoms with E-state index < -0.39 is 0 Å². The van der Waals surface area contributed by atoms with Gasteiger partial charge in [-0.15, -0.1) is 0 Å². The van der Waals surface area contributed by atoms with Gasteiger partial charge < -0.3 is 0 Å². The zero-order valence-electron chi connectivity index (χ0n) is 9.79. The first-order chi connectivity index (χ1) is 8.74. The van der Waals surface area contributed by atoms with Gasteiger partial charge in [-0.2, -0.15) is 5.10 Å². The molecular weight excluding hydrogens is 314 g/mol. The predicted octanol–water partition coefficient (Wildman–Crippen LogP) is 4.55. The van der Waals surface area contributed by atoms with Gasteiger partial charge in [-0.05, 0) is 47.0 Å². The first-order valence-electron chi connectivity index (χ1n) is 6.12. The first kappa shape index (κ1) is 12.2. The average Bonchev–Trinajstić information content (AvgIpc) is 2.99. The maximum Gasteiger partial charge on any atom is 0.182 e. The Morgan fingerprint density at radius 3 is 2.78 bits per heavy atom. The summed E-state index contributed by atoms with van der Waals surface area (Å²) in [5.41, 5.74) is 0.972. The van der Waals surface area contributed by atoms with Crippen LogP contribution in [0.1, 0.15) is 37.4 Å². The van der Waals surface area contributed by atoms with Gasteiger partial charge in [0.1, 0.15) is 5.82 Å². The Morgan fingerprint density at radius 2 is 2.06 bits per heavy atom. The quantitative estimate of drug-likeness (QED) is 0.880. The van der Waals surface area contributed by atoms with Gasteiger partial charge in [-0.25, -0.2) is 4.98 Å². The van der Waals surface area contributed by atoms with E-state index in [1.807, 2.05) is 18.2 Å². The SMILES string of the molecule is Clc1ccc(-c2n[nH]c(C3CCCC3)n2)c(Br)c1. The largest absolute Gasteiger partial charge is 0.262 e. The molecule has 0 unspecified atom stereocenters. The van der Waals surface area contributed by atoms with E-state index in [1.165, 1.54) is 25.7 Å². The Bertz CT molecular complexity index is 561. The zero-order valence-corrected chi connectivity index (χ0v) is 12.1. The van der Waals surface area contributed by atoms with E-state index in [2.05, 4.69) is 31.1 Å². The van der Waals surface area contributed by atoms with Crippen molar-refractivity contribution in [2.45, 2.75) is 31.6 Å². The highest BCUT2D eigenvalue weighted by Gasteiger charge is 2.21. The minimum atomic E-state index is 0.553. The summed E-state index contributed by atoms with van der Waals surface area (Å²) in [6.45, 7) is 0. The minimum absolute atomic E-state index is 0.553. The summed E-state index contributed by atoms with van der Waals surface area (Å²) in [7, 11) is 0. The molecule has 1 N–H and O–H groups in total. The molecule has 0 spiro atoms. The van der Waals surface area contributed by atoms with Crippen molar-refractivity contribution in [2.75, 3.05) is 0 Å². The molecule has 1 aliphatic rings. The summed E-state index contributed by atoms with van der Waals surface area (Å²) in [6.07, 6.45) is 5.03. The maximum absolute atomic E-state index is 5.93. The minimum Gasteiger partial charge on any atom is -0.262 e. The zero-order chi connectivity index (χ0) is 12.5. The molecule has 1 aromatic heterocycles. The molecule has 1 aromatic carbocycles. The molecule has 1 aliphatic carbocycles. The van der Waals surface area contributed by atoms with Crippen LogP contribution in [0.15, 0.2) is 22.7 Å². The number of aromatic nitrogens is 3. The second-order valence-corrected chi connectivity index (χ2v) is 5.94. The van der Waals surface area contributed by atoms with Crippen molar-refractivity contribution < 1.29 is 0 Å². The Morgan fingerprint density at radius 1 is 1.28 bits per heavy atom. The number of benzene rings is 1. The van der Waals surface area contributed by atoms with Gasteiger partial charge in [0.05, 0.1) is 0 Å². The second kappa shape index (κ2) is 5.02. The van der Waals surface area contributed by atoms with Crippen LogP contribution in [0.25, 0.3) is 11.4 Å². The molecular formula is C13H13BrClN3. The summed E-state index contributed by atoms with van der Waals surface area (Å²) < 4.78 is 0.923. The summed E-state index contributed by atoms with van der Waals surface area (Å²) in [4.78, 5) is 4.61. The van der Waals surface area contributed by atoms with E-state index >= 15 is 0 Å². The van der Waals surface area contributed by atoms with Gasteiger partial charge in [0.25, 0.3) is 0 Å². The summed E-state index contributed by atoms with van der Waals surface area (Å²) in [6, 6.07) is 5.66. The number of nitrogens with one attached hydrogen (secondary N) is 1. The lowest BCUT2D eigenvalue weighted by Crippen LogP contribution is -1.94. The van der Waals surface area contributed by atoms with Crippen LogP contribution in [0, 0.1) is 0 Å². The van der Waals surface area contributed by atoms with E-state index in [0.29, 0.717) is 10.9 Å². The van der Waals surface area contributed by atoms with Crippen LogP contribution in [-0.2, 0) is 0 Å². The van der Waals surface area contributed by atoms with Crippen molar-refractivity contribution in [1.29, 1.82) is 0 Å². The predicted molar refractivity (Wildman–Crippen MR) is 75.7 cm³/mol. The van der Waals surface area contributed by atoms with Crippen molar-refractivity contribution >= 4 is 27.5 Å². The molecule has 0 bridgehead atoms. The highest BCUT2D eigenvalue weighted by atomic mass is 79.9.